The van der Waals surface area contributed by atoms with Crippen LogP contribution in [0.25, 0.3) is 11.0 Å². The van der Waals surface area contributed by atoms with E-state index in [1.165, 1.54) is 10.5 Å². The van der Waals surface area contributed by atoms with E-state index >= 15 is 0 Å². The summed E-state index contributed by atoms with van der Waals surface area (Å²) in [5, 5.41) is 3.55. The Morgan fingerprint density at radius 3 is 2.35 bits per heavy atom. The van der Waals surface area contributed by atoms with Gasteiger partial charge >= 0.3 is 6.09 Å². The molecule has 0 bridgehead atoms. The number of anilines is 3. The Morgan fingerprint density at radius 2 is 1.73 bits per heavy atom. The number of imidazole rings is 1. The number of nitrogens with zero attached hydrogens (tertiary/aromatic N) is 5. The van der Waals surface area contributed by atoms with Gasteiger partial charge in [0.1, 0.15) is 5.60 Å². The van der Waals surface area contributed by atoms with Crippen LogP contribution in [0.1, 0.15) is 52.8 Å². The average Bonchev–Trinajstić information content (AvgIpc) is 3.12. The molecular weight excluding hydrogens is 488 g/mol. The van der Waals surface area contributed by atoms with Crippen molar-refractivity contribution in [2.45, 2.75) is 59.1 Å². The summed E-state index contributed by atoms with van der Waals surface area (Å²) in [7, 11) is 1.89. The lowest BCUT2D eigenvalue weighted by molar-refractivity contribution is 0.0596. The maximum atomic E-state index is 13.4. The highest BCUT2D eigenvalue weighted by molar-refractivity contribution is 6.28. The fourth-order valence-electron chi connectivity index (χ4n) is 3.88. The molecule has 0 unspecified atom stereocenters. The van der Waals surface area contributed by atoms with Crippen molar-refractivity contribution in [3.63, 3.8) is 0 Å². The molecule has 0 aliphatic heterocycles. The number of fused-ring (bicyclic) bond motifs is 1. The van der Waals surface area contributed by atoms with Crippen molar-refractivity contribution in [2.75, 3.05) is 10.2 Å². The van der Waals surface area contributed by atoms with Gasteiger partial charge in [-0.1, -0.05) is 32.9 Å². The molecule has 0 aliphatic rings. The number of rotatable bonds is 5. The van der Waals surface area contributed by atoms with Gasteiger partial charge in [0, 0.05) is 18.9 Å². The maximum Gasteiger partial charge on any atom is 0.421 e. The molecule has 9 heteroatoms. The molecule has 0 spiro atoms. The van der Waals surface area contributed by atoms with E-state index < -0.39 is 11.7 Å². The summed E-state index contributed by atoms with van der Waals surface area (Å²) in [5.41, 5.74) is 4.45. The van der Waals surface area contributed by atoms with E-state index in [1.807, 2.05) is 74.9 Å². The number of hydrogen-bond donors (Lipinski definition) is 1. The number of amides is 1. The van der Waals surface area contributed by atoms with Crippen LogP contribution in [0.2, 0.25) is 5.28 Å². The van der Waals surface area contributed by atoms with Crippen molar-refractivity contribution in [1.29, 1.82) is 0 Å². The van der Waals surface area contributed by atoms with E-state index in [0.29, 0.717) is 18.2 Å². The largest absolute Gasteiger partial charge is 0.443 e. The Kier molecular flexibility index (Phi) is 7.15. The van der Waals surface area contributed by atoms with Gasteiger partial charge in [0.15, 0.2) is 0 Å². The normalized spacial score (nSPS) is 12.0. The number of carbonyl (C=O) groups is 1. The van der Waals surface area contributed by atoms with Crippen LogP contribution in [0.4, 0.5) is 22.1 Å². The zero-order chi connectivity index (χ0) is 27.0. The second-order valence-corrected chi connectivity index (χ2v) is 11.3. The van der Waals surface area contributed by atoms with Gasteiger partial charge < -0.3 is 14.6 Å². The summed E-state index contributed by atoms with van der Waals surface area (Å²) < 4.78 is 7.67. The first-order chi connectivity index (χ1) is 17.3. The smallest absolute Gasteiger partial charge is 0.421 e. The third-order valence-corrected chi connectivity index (χ3v) is 5.96. The molecule has 37 heavy (non-hydrogen) atoms. The van der Waals surface area contributed by atoms with Crippen molar-refractivity contribution in [1.82, 2.24) is 19.5 Å². The Hall–Kier alpha value is -3.65. The molecule has 1 N–H and O–H groups in total. The van der Waals surface area contributed by atoms with Gasteiger partial charge in [0.2, 0.25) is 11.2 Å². The van der Waals surface area contributed by atoms with Crippen LogP contribution in [-0.4, -0.2) is 31.2 Å². The summed E-state index contributed by atoms with van der Waals surface area (Å²) in [4.78, 5) is 27.9. The molecule has 194 valence electrons. The third-order valence-electron chi connectivity index (χ3n) is 5.78. The lowest BCUT2D eigenvalue weighted by atomic mass is 9.87. The number of halogens is 1. The Bertz CT molecular complexity index is 1420. The first-order valence-electron chi connectivity index (χ1n) is 12.1. The minimum atomic E-state index is -0.660. The second kappa shape index (κ2) is 10.0. The molecule has 2 aromatic carbocycles. The van der Waals surface area contributed by atoms with Crippen molar-refractivity contribution in [2.24, 2.45) is 7.05 Å². The number of aromatic nitrogens is 4. The van der Waals surface area contributed by atoms with Crippen molar-refractivity contribution in [3.05, 3.63) is 71.3 Å². The summed E-state index contributed by atoms with van der Waals surface area (Å²) in [6, 6.07) is 15.6. The molecule has 4 aromatic rings. The van der Waals surface area contributed by atoms with E-state index in [1.54, 1.807) is 12.3 Å². The van der Waals surface area contributed by atoms with Gasteiger partial charge in [0.05, 0.1) is 29.0 Å². The van der Waals surface area contributed by atoms with Gasteiger partial charge in [-0.2, -0.15) is 0 Å². The minimum absolute atomic E-state index is 0.00625. The standard InChI is InChI=1S/C28H33ClN6O2/c1-27(2,3)18-8-11-21(12-9-18)35(26(36)37-28(4,5)6)25-33-22-16-19(10-13-23(22)34(25)7)31-17-20-14-15-30-24(29)32-20/h8-16,31H,17H2,1-7H3. The highest BCUT2D eigenvalue weighted by atomic mass is 35.5. The fraction of sp³-hybridized carbons (Fsp3) is 0.357. The van der Waals surface area contributed by atoms with Gasteiger partial charge in [-0.15, -0.1) is 0 Å². The molecule has 1 amide bonds. The number of hydrogen-bond acceptors (Lipinski definition) is 6. The zero-order valence-corrected chi connectivity index (χ0v) is 23.1. The molecule has 0 atom stereocenters. The topological polar surface area (TPSA) is 85.2 Å². The van der Waals surface area contributed by atoms with Crippen LogP contribution in [0.5, 0.6) is 0 Å². The molecule has 0 saturated heterocycles. The summed E-state index contributed by atoms with van der Waals surface area (Å²) in [6.45, 7) is 12.5. The van der Waals surface area contributed by atoms with Crippen LogP contribution in [-0.2, 0) is 23.7 Å². The third kappa shape index (κ3) is 6.20. The van der Waals surface area contributed by atoms with Crippen LogP contribution in [0.3, 0.4) is 0 Å². The number of carbonyl (C=O) groups excluding carboxylic acids is 1. The second-order valence-electron chi connectivity index (χ2n) is 11.0. The first kappa shape index (κ1) is 26.4. The number of ether oxygens (including phenoxy) is 1. The predicted octanol–water partition coefficient (Wildman–Crippen LogP) is 7.00. The SMILES string of the molecule is Cn1c(N(C(=O)OC(C)(C)C)c2ccc(C(C)(C)C)cc2)nc2cc(NCc3ccnc(Cl)n3)ccc21. The monoisotopic (exact) mass is 520 g/mol. The van der Waals surface area contributed by atoms with E-state index in [-0.39, 0.29) is 10.7 Å². The Balaban J connectivity index is 1.70. The number of aryl methyl sites for hydroxylation is 1. The van der Waals surface area contributed by atoms with Crippen LogP contribution < -0.4 is 10.2 Å². The highest BCUT2D eigenvalue weighted by Crippen LogP contribution is 2.32. The highest BCUT2D eigenvalue weighted by Gasteiger charge is 2.29. The van der Waals surface area contributed by atoms with Crippen LogP contribution >= 0.6 is 11.6 Å². The molecule has 0 radical (unpaired) electrons. The predicted molar refractivity (Wildman–Crippen MR) is 149 cm³/mol. The summed E-state index contributed by atoms with van der Waals surface area (Å²) >= 11 is 5.90. The fourth-order valence-corrected chi connectivity index (χ4v) is 4.04. The Labute approximate surface area is 222 Å². The van der Waals surface area contributed by atoms with Crippen molar-refractivity contribution >= 4 is 46.1 Å². The maximum absolute atomic E-state index is 13.4. The van der Waals surface area contributed by atoms with E-state index in [4.69, 9.17) is 21.3 Å². The first-order valence-corrected chi connectivity index (χ1v) is 12.5. The lowest BCUT2D eigenvalue weighted by Crippen LogP contribution is -2.35. The van der Waals surface area contributed by atoms with E-state index in [9.17, 15) is 4.79 Å². The Morgan fingerprint density at radius 1 is 1.03 bits per heavy atom. The van der Waals surface area contributed by atoms with Gasteiger partial charge in [-0.05, 0) is 79.7 Å². The van der Waals surface area contributed by atoms with Crippen LogP contribution in [0, 0.1) is 0 Å². The molecule has 2 heterocycles. The average molecular weight is 521 g/mol. The van der Waals surface area contributed by atoms with Crippen LogP contribution in [0.15, 0.2) is 54.7 Å². The quantitative estimate of drug-likeness (QED) is 0.285. The summed E-state index contributed by atoms with van der Waals surface area (Å²) in [5.74, 6) is 0.465. The zero-order valence-electron chi connectivity index (χ0n) is 22.3. The van der Waals surface area contributed by atoms with Gasteiger partial charge in [-0.3, -0.25) is 0 Å². The molecule has 4 rings (SSSR count). The molecule has 2 aromatic heterocycles. The van der Waals surface area contributed by atoms with Gasteiger partial charge in [-0.25, -0.2) is 24.6 Å². The van der Waals surface area contributed by atoms with E-state index in [0.717, 1.165) is 22.4 Å². The lowest BCUT2D eigenvalue weighted by Gasteiger charge is -2.27. The molecular formula is C28H33ClN6O2. The van der Waals surface area contributed by atoms with E-state index in [2.05, 4.69) is 36.1 Å². The number of benzene rings is 2. The molecule has 0 fully saturated rings. The minimum Gasteiger partial charge on any atom is -0.443 e. The summed E-state index contributed by atoms with van der Waals surface area (Å²) in [6.07, 6.45) is 1.13. The molecule has 8 nitrogen and oxygen atoms in total. The molecule has 0 aliphatic carbocycles. The van der Waals surface area contributed by atoms with Gasteiger partial charge in [0.25, 0.3) is 0 Å². The molecule has 0 saturated carbocycles. The van der Waals surface area contributed by atoms with Crippen molar-refractivity contribution < 1.29 is 9.53 Å². The van der Waals surface area contributed by atoms with Crippen molar-refractivity contribution in [3.8, 4) is 0 Å². The number of nitrogens with one attached hydrogen (secondary N) is 1.